The molecule has 1 aliphatic carbocycles. The topological polar surface area (TPSA) is 73.9 Å². The van der Waals surface area contributed by atoms with Gasteiger partial charge >= 0.3 is 5.97 Å². The SMILES string of the molecule is CCOC1(C(=O)Nc2ccc(OC(C)CC)c(C(=O)OC)c2)CCCCC1. The first kappa shape index (κ1) is 21.2. The van der Waals surface area contributed by atoms with E-state index in [4.69, 9.17) is 14.2 Å². The summed E-state index contributed by atoms with van der Waals surface area (Å²) >= 11 is 0. The van der Waals surface area contributed by atoms with Crippen molar-refractivity contribution in [3.8, 4) is 5.75 Å². The molecule has 1 aromatic carbocycles. The molecule has 1 N–H and O–H groups in total. The van der Waals surface area contributed by atoms with Crippen LogP contribution in [-0.2, 0) is 14.3 Å². The van der Waals surface area contributed by atoms with Crippen molar-refractivity contribution in [2.75, 3.05) is 19.0 Å². The second-order valence-corrected chi connectivity index (χ2v) is 6.98. The van der Waals surface area contributed by atoms with Crippen LogP contribution in [0.4, 0.5) is 5.69 Å². The predicted octanol–water partition coefficient (Wildman–Crippen LogP) is 4.33. The summed E-state index contributed by atoms with van der Waals surface area (Å²) in [5.74, 6) is -0.205. The lowest BCUT2D eigenvalue weighted by atomic mass is 9.83. The van der Waals surface area contributed by atoms with Gasteiger partial charge in [0.2, 0.25) is 0 Å². The van der Waals surface area contributed by atoms with E-state index >= 15 is 0 Å². The highest BCUT2D eigenvalue weighted by Crippen LogP contribution is 2.33. The zero-order valence-electron chi connectivity index (χ0n) is 16.8. The van der Waals surface area contributed by atoms with Crippen LogP contribution in [0.15, 0.2) is 18.2 Å². The van der Waals surface area contributed by atoms with Crippen molar-refractivity contribution < 1.29 is 23.8 Å². The van der Waals surface area contributed by atoms with E-state index in [0.29, 0.717) is 36.4 Å². The number of amides is 1. The summed E-state index contributed by atoms with van der Waals surface area (Å²) in [6.45, 7) is 6.34. The first-order valence-corrected chi connectivity index (χ1v) is 9.80. The van der Waals surface area contributed by atoms with Crippen LogP contribution in [-0.4, -0.2) is 37.3 Å². The first-order valence-electron chi connectivity index (χ1n) is 9.80. The lowest BCUT2D eigenvalue weighted by Crippen LogP contribution is -2.47. The van der Waals surface area contributed by atoms with Crippen molar-refractivity contribution in [2.24, 2.45) is 0 Å². The summed E-state index contributed by atoms with van der Waals surface area (Å²) in [5.41, 5.74) is 0.0379. The summed E-state index contributed by atoms with van der Waals surface area (Å²) < 4.78 is 16.6. The summed E-state index contributed by atoms with van der Waals surface area (Å²) in [5, 5.41) is 2.92. The third-order valence-corrected chi connectivity index (χ3v) is 5.04. The van der Waals surface area contributed by atoms with Crippen LogP contribution in [0.25, 0.3) is 0 Å². The van der Waals surface area contributed by atoms with E-state index in [1.165, 1.54) is 7.11 Å². The Bertz CT molecular complexity index is 646. The fourth-order valence-electron chi connectivity index (χ4n) is 3.36. The lowest BCUT2D eigenvalue weighted by molar-refractivity contribution is -0.145. The number of anilines is 1. The molecule has 0 bridgehead atoms. The van der Waals surface area contributed by atoms with E-state index < -0.39 is 11.6 Å². The fraction of sp³-hybridized carbons (Fsp3) is 0.619. The third kappa shape index (κ3) is 5.22. The van der Waals surface area contributed by atoms with Gasteiger partial charge in [0.15, 0.2) is 0 Å². The van der Waals surface area contributed by atoms with Crippen LogP contribution in [0.3, 0.4) is 0 Å². The van der Waals surface area contributed by atoms with Gasteiger partial charge in [-0.2, -0.15) is 0 Å². The van der Waals surface area contributed by atoms with Gasteiger partial charge < -0.3 is 19.5 Å². The molecule has 0 heterocycles. The molecule has 1 atom stereocenters. The van der Waals surface area contributed by atoms with Gasteiger partial charge in [-0.05, 0) is 51.3 Å². The number of nitrogens with one attached hydrogen (secondary N) is 1. The summed E-state index contributed by atoms with van der Waals surface area (Å²) in [4.78, 5) is 25.1. The highest BCUT2D eigenvalue weighted by Gasteiger charge is 2.40. The minimum absolute atomic E-state index is 0.0303. The molecule has 1 aromatic rings. The Morgan fingerprint density at radius 3 is 2.48 bits per heavy atom. The molecule has 1 amide bonds. The zero-order valence-corrected chi connectivity index (χ0v) is 16.8. The zero-order chi connectivity index (χ0) is 19.9. The van der Waals surface area contributed by atoms with Gasteiger partial charge in [-0.1, -0.05) is 26.2 Å². The molecule has 27 heavy (non-hydrogen) atoms. The average molecular weight is 377 g/mol. The van der Waals surface area contributed by atoms with Gasteiger partial charge in [0, 0.05) is 12.3 Å². The molecule has 1 unspecified atom stereocenters. The largest absolute Gasteiger partial charge is 0.490 e. The summed E-state index contributed by atoms with van der Waals surface area (Å²) in [7, 11) is 1.33. The second-order valence-electron chi connectivity index (χ2n) is 6.98. The number of carbonyl (C=O) groups excluding carboxylic acids is 2. The Hall–Kier alpha value is -2.08. The van der Waals surface area contributed by atoms with Crippen LogP contribution in [0.2, 0.25) is 0 Å². The first-order chi connectivity index (χ1) is 13.0. The minimum atomic E-state index is -0.787. The number of methoxy groups -OCH3 is 1. The maximum Gasteiger partial charge on any atom is 0.341 e. The Labute approximate surface area is 161 Å². The smallest absolute Gasteiger partial charge is 0.341 e. The third-order valence-electron chi connectivity index (χ3n) is 5.04. The molecule has 1 fully saturated rings. The van der Waals surface area contributed by atoms with E-state index in [1.807, 2.05) is 20.8 Å². The molecule has 0 aliphatic heterocycles. The standard InChI is InChI=1S/C21H31NO5/c1-5-15(3)27-18-11-10-16(14-17(18)19(23)25-4)22-20(24)21(26-6-2)12-8-7-9-13-21/h10-11,14-15H,5-9,12-13H2,1-4H3,(H,22,24). The van der Waals surface area contributed by atoms with Crippen molar-refractivity contribution in [3.05, 3.63) is 23.8 Å². The molecule has 2 rings (SSSR count). The molecule has 150 valence electrons. The van der Waals surface area contributed by atoms with Crippen molar-refractivity contribution in [2.45, 2.75) is 71.0 Å². The lowest BCUT2D eigenvalue weighted by Gasteiger charge is -2.35. The van der Waals surface area contributed by atoms with Gasteiger partial charge in [-0.25, -0.2) is 4.79 Å². The molecular weight excluding hydrogens is 346 g/mol. The van der Waals surface area contributed by atoms with Crippen LogP contribution in [0, 0.1) is 0 Å². The van der Waals surface area contributed by atoms with Crippen molar-refractivity contribution in [1.29, 1.82) is 0 Å². The quantitative estimate of drug-likeness (QED) is 0.683. The number of hydrogen-bond donors (Lipinski definition) is 1. The van der Waals surface area contributed by atoms with Gasteiger partial charge in [-0.15, -0.1) is 0 Å². The van der Waals surface area contributed by atoms with Gasteiger partial charge in [0.1, 0.15) is 16.9 Å². The number of carbonyl (C=O) groups is 2. The van der Waals surface area contributed by atoms with E-state index in [-0.39, 0.29) is 12.0 Å². The molecule has 1 aliphatic rings. The van der Waals surface area contributed by atoms with E-state index in [0.717, 1.165) is 25.7 Å². The van der Waals surface area contributed by atoms with Crippen molar-refractivity contribution >= 4 is 17.6 Å². The number of ether oxygens (including phenoxy) is 3. The molecule has 0 saturated heterocycles. The molecule has 0 aromatic heterocycles. The summed E-state index contributed by atoms with van der Waals surface area (Å²) in [6, 6.07) is 5.04. The highest BCUT2D eigenvalue weighted by molar-refractivity contribution is 5.99. The molecule has 0 spiro atoms. The number of rotatable bonds is 8. The molecular formula is C21H31NO5. The minimum Gasteiger partial charge on any atom is -0.490 e. The van der Waals surface area contributed by atoms with Crippen LogP contribution >= 0.6 is 0 Å². The van der Waals surface area contributed by atoms with E-state index in [2.05, 4.69) is 5.32 Å². The van der Waals surface area contributed by atoms with Crippen LogP contribution in [0.1, 0.15) is 69.7 Å². The summed E-state index contributed by atoms with van der Waals surface area (Å²) in [6.07, 6.45) is 5.28. The van der Waals surface area contributed by atoms with Crippen molar-refractivity contribution in [3.63, 3.8) is 0 Å². The maximum atomic E-state index is 13.0. The van der Waals surface area contributed by atoms with Crippen LogP contribution in [0.5, 0.6) is 5.75 Å². The molecule has 6 heteroatoms. The monoisotopic (exact) mass is 377 g/mol. The molecule has 0 radical (unpaired) electrons. The Kier molecular flexibility index (Phi) is 7.66. The van der Waals surface area contributed by atoms with Crippen LogP contribution < -0.4 is 10.1 Å². The Morgan fingerprint density at radius 2 is 1.89 bits per heavy atom. The Morgan fingerprint density at radius 1 is 1.19 bits per heavy atom. The fourth-order valence-corrected chi connectivity index (χ4v) is 3.36. The highest BCUT2D eigenvalue weighted by atomic mass is 16.5. The van der Waals surface area contributed by atoms with Gasteiger partial charge in [-0.3, -0.25) is 4.79 Å². The second kappa shape index (κ2) is 9.74. The van der Waals surface area contributed by atoms with E-state index in [9.17, 15) is 9.59 Å². The number of esters is 1. The maximum absolute atomic E-state index is 13.0. The molecule has 1 saturated carbocycles. The number of benzene rings is 1. The van der Waals surface area contributed by atoms with Gasteiger partial charge in [0.05, 0.1) is 13.2 Å². The Balaban J connectivity index is 2.24. The average Bonchev–Trinajstić information content (AvgIpc) is 2.69. The molecule has 6 nitrogen and oxygen atoms in total. The predicted molar refractivity (Wildman–Crippen MR) is 104 cm³/mol. The van der Waals surface area contributed by atoms with E-state index in [1.54, 1.807) is 18.2 Å². The normalized spacial score (nSPS) is 17.0. The van der Waals surface area contributed by atoms with Crippen molar-refractivity contribution in [1.82, 2.24) is 0 Å². The number of hydrogen-bond acceptors (Lipinski definition) is 5. The van der Waals surface area contributed by atoms with Gasteiger partial charge in [0.25, 0.3) is 5.91 Å².